The van der Waals surface area contributed by atoms with Gasteiger partial charge in [-0.1, -0.05) is 12.8 Å². The molecule has 1 aliphatic rings. The molecular formula is C13H19N3O2. The first-order valence-corrected chi connectivity index (χ1v) is 6.40. The molecule has 0 radical (unpaired) electrons. The van der Waals surface area contributed by atoms with Gasteiger partial charge in [0.25, 0.3) is 5.91 Å². The van der Waals surface area contributed by atoms with E-state index in [0.717, 1.165) is 12.8 Å². The molecule has 1 fully saturated rings. The summed E-state index contributed by atoms with van der Waals surface area (Å²) in [7, 11) is 0. The Morgan fingerprint density at radius 3 is 2.83 bits per heavy atom. The fourth-order valence-corrected chi connectivity index (χ4v) is 2.57. The second kappa shape index (κ2) is 5.82. The van der Waals surface area contributed by atoms with E-state index in [4.69, 9.17) is 5.73 Å². The van der Waals surface area contributed by atoms with E-state index in [2.05, 4.69) is 10.3 Å². The van der Waals surface area contributed by atoms with E-state index < -0.39 is 0 Å². The Morgan fingerprint density at radius 1 is 1.50 bits per heavy atom. The van der Waals surface area contributed by atoms with E-state index in [-0.39, 0.29) is 17.5 Å². The lowest BCUT2D eigenvalue weighted by Crippen LogP contribution is -2.44. The second-order valence-electron chi connectivity index (χ2n) is 4.80. The third-order valence-corrected chi connectivity index (χ3v) is 3.58. The van der Waals surface area contributed by atoms with E-state index in [1.807, 2.05) is 0 Å². The van der Waals surface area contributed by atoms with E-state index in [1.54, 1.807) is 6.07 Å². The molecule has 5 heteroatoms. The van der Waals surface area contributed by atoms with Gasteiger partial charge >= 0.3 is 0 Å². The van der Waals surface area contributed by atoms with Gasteiger partial charge in [-0.05, 0) is 24.8 Å². The van der Waals surface area contributed by atoms with Crippen LogP contribution in [0.1, 0.15) is 36.0 Å². The lowest BCUT2D eigenvalue weighted by atomic mass is 9.98. The van der Waals surface area contributed by atoms with Crippen LogP contribution in [0.2, 0.25) is 0 Å². The van der Waals surface area contributed by atoms with Gasteiger partial charge in [-0.15, -0.1) is 0 Å². The predicted molar refractivity (Wildman–Crippen MR) is 69.3 cm³/mol. The SMILES string of the molecule is NCC(NC(=O)c1cc[nH]c(=O)c1)C1CCCC1. The third-order valence-electron chi connectivity index (χ3n) is 3.58. The zero-order chi connectivity index (χ0) is 13.0. The summed E-state index contributed by atoms with van der Waals surface area (Å²) in [5, 5.41) is 2.94. The van der Waals surface area contributed by atoms with Gasteiger partial charge in [0.1, 0.15) is 0 Å². The maximum absolute atomic E-state index is 12.0. The molecule has 1 saturated carbocycles. The molecule has 1 heterocycles. The van der Waals surface area contributed by atoms with Crippen LogP contribution in [0.4, 0.5) is 0 Å². The Labute approximate surface area is 106 Å². The Balaban J connectivity index is 2.03. The topological polar surface area (TPSA) is 88.0 Å². The molecule has 1 aliphatic carbocycles. The minimum absolute atomic E-state index is 0.0132. The standard InChI is InChI=1S/C13H19N3O2/c14-8-11(9-3-1-2-4-9)16-13(18)10-5-6-15-12(17)7-10/h5-7,9,11H,1-4,8,14H2,(H,15,17)(H,16,18). The molecule has 1 aromatic heterocycles. The molecule has 0 aliphatic heterocycles. The minimum Gasteiger partial charge on any atom is -0.348 e. The maximum atomic E-state index is 12.0. The van der Waals surface area contributed by atoms with Crippen molar-refractivity contribution in [3.05, 3.63) is 34.2 Å². The van der Waals surface area contributed by atoms with Crippen LogP contribution in [-0.4, -0.2) is 23.5 Å². The van der Waals surface area contributed by atoms with Crippen molar-refractivity contribution in [1.82, 2.24) is 10.3 Å². The maximum Gasteiger partial charge on any atom is 0.251 e. The molecule has 0 spiro atoms. The van der Waals surface area contributed by atoms with Crippen molar-refractivity contribution >= 4 is 5.91 Å². The lowest BCUT2D eigenvalue weighted by molar-refractivity contribution is 0.0924. The van der Waals surface area contributed by atoms with E-state index in [0.29, 0.717) is 18.0 Å². The Hall–Kier alpha value is -1.62. The van der Waals surface area contributed by atoms with Crippen LogP contribution in [0.15, 0.2) is 23.1 Å². The van der Waals surface area contributed by atoms with Crippen LogP contribution in [0, 0.1) is 5.92 Å². The van der Waals surface area contributed by atoms with Crippen molar-refractivity contribution in [1.29, 1.82) is 0 Å². The predicted octanol–water partition coefficient (Wildman–Crippen LogP) is 0.622. The molecule has 2 rings (SSSR count). The Morgan fingerprint density at radius 2 is 2.22 bits per heavy atom. The number of aromatic nitrogens is 1. The van der Waals surface area contributed by atoms with Gasteiger partial charge in [-0.2, -0.15) is 0 Å². The number of rotatable bonds is 4. The van der Waals surface area contributed by atoms with Crippen LogP contribution in [-0.2, 0) is 0 Å². The summed E-state index contributed by atoms with van der Waals surface area (Å²) in [5.41, 5.74) is 5.84. The first-order valence-electron chi connectivity index (χ1n) is 6.40. The minimum atomic E-state index is -0.271. The largest absolute Gasteiger partial charge is 0.348 e. The molecule has 98 valence electrons. The number of nitrogens with one attached hydrogen (secondary N) is 2. The molecule has 1 atom stereocenters. The number of hydrogen-bond donors (Lipinski definition) is 3. The van der Waals surface area contributed by atoms with E-state index in [9.17, 15) is 9.59 Å². The van der Waals surface area contributed by atoms with Gasteiger partial charge in [-0.25, -0.2) is 0 Å². The molecule has 0 bridgehead atoms. The van der Waals surface area contributed by atoms with Crippen molar-refractivity contribution in [3.8, 4) is 0 Å². The summed E-state index contributed by atoms with van der Waals surface area (Å²) in [6.07, 6.45) is 6.14. The van der Waals surface area contributed by atoms with E-state index >= 15 is 0 Å². The van der Waals surface area contributed by atoms with Crippen LogP contribution in [0.25, 0.3) is 0 Å². The molecule has 18 heavy (non-hydrogen) atoms. The molecule has 1 unspecified atom stereocenters. The third kappa shape index (κ3) is 2.98. The molecule has 1 aromatic rings. The first-order chi connectivity index (χ1) is 8.70. The fourth-order valence-electron chi connectivity index (χ4n) is 2.57. The Kier molecular flexibility index (Phi) is 4.15. The monoisotopic (exact) mass is 249 g/mol. The molecule has 1 amide bonds. The summed E-state index contributed by atoms with van der Waals surface area (Å²) in [5.74, 6) is 0.254. The van der Waals surface area contributed by atoms with Crippen molar-refractivity contribution in [2.45, 2.75) is 31.7 Å². The fraction of sp³-hybridized carbons (Fsp3) is 0.538. The number of hydrogen-bond acceptors (Lipinski definition) is 3. The number of nitrogens with two attached hydrogens (primary N) is 1. The number of carbonyl (C=O) groups is 1. The number of pyridine rings is 1. The van der Waals surface area contributed by atoms with Crippen molar-refractivity contribution in [2.24, 2.45) is 11.7 Å². The average molecular weight is 249 g/mol. The normalized spacial score (nSPS) is 17.6. The van der Waals surface area contributed by atoms with Gasteiger partial charge in [-0.3, -0.25) is 9.59 Å². The summed E-state index contributed by atoms with van der Waals surface area (Å²) < 4.78 is 0. The highest BCUT2D eigenvalue weighted by Gasteiger charge is 2.25. The summed E-state index contributed by atoms with van der Waals surface area (Å²) in [6, 6.07) is 2.91. The van der Waals surface area contributed by atoms with Gasteiger partial charge in [0.15, 0.2) is 0 Å². The van der Waals surface area contributed by atoms with Crippen LogP contribution in [0.5, 0.6) is 0 Å². The lowest BCUT2D eigenvalue weighted by Gasteiger charge is -2.23. The van der Waals surface area contributed by atoms with Crippen LogP contribution < -0.4 is 16.6 Å². The summed E-state index contributed by atoms with van der Waals surface area (Å²) in [6.45, 7) is 0.444. The van der Waals surface area contributed by atoms with Crippen molar-refractivity contribution in [3.63, 3.8) is 0 Å². The van der Waals surface area contributed by atoms with Gasteiger partial charge < -0.3 is 16.0 Å². The van der Waals surface area contributed by atoms with Crippen molar-refractivity contribution in [2.75, 3.05) is 6.54 Å². The quantitative estimate of drug-likeness (QED) is 0.731. The average Bonchev–Trinajstić information content (AvgIpc) is 2.89. The van der Waals surface area contributed by atoms with Crippen LogP contribution in [0.3, 0.4) is 0 Å². The van der Waals surface area contributed by atoms with Crippen molar-refractivity contribution < 1.29 is 4.79 Å². The van der Waals surface area contributed by atoms with Gasteiger partial charge in [0.05, 0.1) is 0 Å². The molecular weight excluding hydrogens is 230 g/mol. The zero-order valence-electron chi connectivity index (χ0n) is 10.3. The number of aromatic amines is 1. The number of amides is 1. The first kappa shape index (κ1) is 12.8. The molecule has 0 saturated heterocycles. The van der Waals surface area contributed by atoms with E-state index in [1.165, 1.54) is 25.1 Å². The van der Waals surface area contributed by atoms with Gasteiger partial charge in [0, 0.05) is 30.4 Å². The molecule has 5 nitrogen and oxygen atoms in total. The smallest absolute Gasteiger partial charge is 0.251 e. The number of H-pyrrole nitrogens is 1. The zero-order valence-corrected chi connectivity index (χ0v) is 10.3. The highest BCUT2D eigenvalue weighted by molar-refractivity contribution is 5.94. The summed E-state index contributed by atoms with van der Waals surface area (Å²) in [4.78, 5) is 25.6. The highest BCUT2D eigenvalue weighted by Crippen LogP contribution is 2.27. The van der Waals surface area contributed by atoms with Crippen LogP contribution >= 0.6 is 0 Å². The second-order valence-corrected chi connectivity index (χ2v) is 4.80. The van der Waals surface area contributed by atoms with Gasteiger partial charge in [0.2, 0.25) is 5.56 Å². The molecule has 4 N–H and O–H groups in total. The molecule has 0 aromatic carbocycles. The number of carbonyl (C=O) groups excluding carboxylic acids is 1. The highest BCUT2D eigenvalue weighted by atomic mass is 16.2. The Bertz CT molecular complexity index is 463. The summed E-state index contributed by atoms with van der Waals surface area (Å²) >= 11 is 0.